The van der Waals surface area contributed by atoms with Gasteiger partial charge in [0.25, 0.3) is 0 Å². The quantitative estimate of drug-likeness (QED) is 0.243. The minimum Gasteiger partial charge on any atom is -0.466 e. The van der Waals surface area contributed by atoms with E-state index in [1.807, 2.05) is 0 Å². The van der Waals surface area contributed by atoms with Crippen molar-refractivity contribution in [3.63, 3.8) is 0 Å². The third kappa shape index (κ3) is 4.41. The maximum absolute atomic E-state index is 12.2. The molecule has 2 heterocycles. The van der Waals surface area contributed by atoms with Crippen LogP contribution in [0, 0.1) is 0 Å². The molecule has 164 valence electrons. The average Bonchev–Trinajstić information content (AvgIpc) is 2.73. The lowest BCUT2D eigenvalue weighted by Crippen LogP contribution is -2.60. The van der Waals surface area contributed by atoms with Gasteiger partial charge in [0.2, 0.25) is 6.29 Å². The second kappa shape index (κ2) is 9.25. The van der Waals surface area contributed by atoms with Crippen LogP contribution in [0.5, 0.6) is 5.75 Å². The van der Waals surface area contributed by atoms with Gasteiger partial charge in [-0.2, -0.15) is 0 Å². The number of thiocarbonyl (C=S) groups is 1. The Morgan fingerprint density at radius 1 is 1.17 bits per heavy atom. The van der Waals surface area contributed by atoms with E-state index in [-0.39, 0.29) is 0 Å². The number of carbonyl (C=O) groups is 1. The smallest absolute Gasteiger partial charge is 0.337 e. The average molecular weight is 440 g/mol. The van der Waals surface area contributed by atoms with Gasteiger partial charge >= 0.3 is 5.97 Å². The highest BCUT2D eigenvalue weighted by Crippen LogP contribution is 2.30. The molecule has 1 unspecified atom stereocenters. The molecule has 0 saturated carbocycles. The molecule has 0 amide bonds. The van der Waals surface area contributed by atoms with Gasteiger partial charge < -0.3 is 45.3 Å². The molecular formula is C19H24N2O8S. The Morgan fingerprint density at radius 3 is 2.43 bits per heavy atom. The number of allylic oxidation sites excluding steroid dienone is 1. The van der Waals surface area contributed by atoms with E-state index in [0.717, 1.165) is 0 Å². The minimum absolute atomic E-state index is 0.305. The van der Waals surface area contributed by atoms with Crippen LogP contribution in [0.4, 0.5) is 0 Å². The molecule has 2 aliphatic rings. The maximum Gasteiger partial charge on any atom is 0.337 e. The molecule has 3 rings (SSSR count). The van der Waals surface area contributed by atoms with Gasteiger partial charge in [0, 0.05) is 5.70 Å². The zero-order valence-corrected chi connectivity index (χ0v) is 17.1. The third-order valence-corrected chi connectivity index (χ3v) is 5.21. The minimum atomic E-state index is -1.53. The lowest BCUT2D eigenvalue weighted by Gasteiger charge is -2.39. The van der Waals surface area contributed by atoms with Crippen LogP contribution in [-0.4, -0.2) is 75.9 Å². The highest BCUT2D eigenvalue weighted by Gasteiger charge is 2.44. The van der Waals surface area contributed by atoms with Gasteiger partial charge in [-0.3, -0.25) is 0 Å². The van der Waals surface area contributed by atoms with Crippen LogP contribution < -0.4 is 15.4 Å². The summed E-state index contributed by atoms with van der Waals surface area (Å²) in [6.07, 6.45) is -6.86. The Bertz CT molecular complexity index is 828. The van der Waals surface area contributed by atoms with E-state index in [2.05, 4.69) is 10.6 Å². The molecule has 1 fully saturated rings. The Balaban J connectivity index is 1.78. The summed E-state index contributed by atoms with van der Waals surface area (Å²) in [5, 5.41) is 45.4. The van der Waals surface area contributed by atoms with Crippen molar-refractivity contribution in [3.05, 3.63) is 41.1 Å². The molecule has 2 aliphatic heterocycles. The van der Waals surface area contributed by atoms with Crippen molar-refractivity contribution < 1.29 is 39.4 Å². The van der Waals surface area contributed by atoms with Crippen molar-refractivity contribution in [2.75, 3.05) is 13.7 Å². The maximum atomic E-state index is 12.2. The van der Waals surface area contributed by atoms with Crippen molar-refractivity contribution in [1.82, 2.24) is 10.6 Å². The molecule has 1 aromatic carbocycles. The zero-order valence-electron chi connectivity index (χ0n) is 16.3. The highest BCUT2D eigenvalue weighted by atomic mass is 32.1. The lowest BCUT2D eigenvalue weighted by atomic mass is 9.95. The Hall–Kier alpha value is -2.28. The monoisotopic (exact) mass is 440 g/mol. The lowest BCUT2D eigenvalue weighted by molar-refractivity contribution is -0.277. The third-order valence-electron chi connectivity index (χ3n) is 4.99. The van der Waals surface area contributed by atoms with Gasteiger partial charge in [-0.25, -0.2) is 4.79 Å². The van der Waals surface area contributed by atoms with Gasteiger partial charge in [-0.05, 0) is 36.8 Å². The number of benzene rings is 1. The fourth-order valence-electron chi connectivity index (χ4n) is 3.36. The Morgan fingerprint density at radius 2 is 1.83 bits per heavy atom. The molecule has 0 bridgehead atoms. The van der Waals surface area contributed by atoms with Crippen LogP contribution in [0.15, 0.2) is 35.5 Å². The van der Waals surface area contributed by atoms with Crippen molar-refractivity contribution in [3.8, 4) is 5.75 Å². The number of hydrogen-bond acceptors (Lipinski definition) is 9. The van der Waals surface area contributed by atoms with Crippen molar-refractivity contribution >= 4 is 23.3 Å². The zero-order chi connectivity index (χ0) is 22.0. The van der Waals surface area contributed by atoms with Gasteiger partial charge in [-0.15, -0.1) is 0 Å². The molecule has 30 heavy (non-hydrogen) atoms. The van der Waals surface area contributed by atoms with Crippen molar-refractivity contribution in [1.29, 1.82) is 0 Å². The summed E-state index contributed by atoms with van der Waals surface area (Å²) in [4.78, 5) is 12.2. The van der Waals surface area contributed by atoms with E-state index in [9.17, 15) is 25.2 Å². The van der Waals surface area contributed by atoms with Crippen LogP contribution in [0.2, 0.25) is 0 Å². The van der Waals surface area contributed by atoms with E-state index in [0.29, 0.717) is 27.7 Å². The van der Waals surface area contributed by atoms with Crippen molar-refractivity contribution in [2.24, 2.45) is 0 Å². The largest absolute Gasteiger partial charge is 0.466 e. The summed E-state index contributed by atoms with van der Waals surface area (Å²) in [6, 6.07) is 6.04. The van der Waals surface area contributed by atoms with Gasteiger partial charge in [0.05, 0.1) is 25.3 Å². The van der Waals surface area contributed by atoms with E-state index in [1.54, 1.807) is 31.2 Å². The summed E-state index contributed by atoms with van der Waals surface area (Å²) >= 11 is 5.18. The van der Waals surface area contributed by atoms with Gasteiger partial charge in [-0.1, -0.05) is 12.1 Å². The first kappa shape index (κ1) is 22.4. The first-order valence-corrected chi connectivity index (χ1v) is 9.61. The second-order valence-electron chi connectivity index (χ2n) is 6.95. The predicted molar refractivity (Wildman–Crippen MR) is 107 cm³/mol. The van der Waals surface area contributed by atoms with Crippen LogP contribution in [-0.2, 0) is 14.3 Å². The second-order valence-corrected chi connectivity index (χ2v) is 7.35. The first-order valence-electron chi connectivity index (χ1n) is 9.20. The standard InChI is InChI=1S/C19H24N2O8S/c1-8-12(17(26)27-2)13(21-19(30)20-8)9-3-5-10(6-4-9)28-18-16(25)15(24)14(23)11(7-22)29-18/h3-6,11,13-16,18,22-25H,7H2,1-2H3,(H2,20,21,30)/t11-,13?,14-,15-,16-,18-/m1/s1. The van der Waals surface area contributed by atoms with E-state index >= 15 is 0 Å². The molecular weight excluding hydrogens is 416 g/mol. The number of carbonyl (C=O) groups excluding carboxylic acids is 1. The fraction of sp³-hybridized carbons (Fsp3) is 0.474. The summed E-state index contributed by atoms with van der Waals surface area (Å²) < 4.78 is 15.8. The number of aliphatic hydroxyl groups excluding tert-OH is 4. The molecule has 6 atom stereocenters. The van der Waals surface area contributed by atoms with Gasteiger partial charge in [0.15, 0.2) is 5.11 Å². The topological polar surface area (TPSA) is 150 Å². The van der Waals surface area contributed by atoms with E-state index in [4.69, 9.17) is 26.4 Å². The molecule has 1 aromatic rings. The predicted octanol–water partition coefficient (Wildman–Crippen LogP) is -1.17. The molecule has 0 aromatic heterocycles. The molecule has 6 N–H and O–H groups in total. The first-order chi connectivity index (χ1) is 14.3. The van der Waals surface area contributed by atoms with Crippen LogP contribution in [0.3, 0.4) is 0 Å². The normalized spacial score (nSPS) is 31.6. The number of nitrogens with one attached hydrogen (secondary N) is 2. The molecule has 1 saturated heterocycles. The summed E-state index contributed by atoms with van der Waals surface area (Å²) in [5.41, 5.74) is 1.67. The number of methoxy groups -OCH3 is 1. The number of rotatable bonds is 5. The van der Waals surface area contributed by atoms with E-state index in [1.165, 1.54) is 7.11 Å². The molecule has 11 heteroatoms. The highest BCUT2D eigenvalue weighted by molar-refractivity contribution is 7.80. The number of hydrogen-bond donors (Lipinski definition) is 6. The summed E-state index contributed by atoms with van der Waals surface area (Å²) in [7, 11) is 1.30. The summed E-state index contributed by atoms with van der Waals surface area (Å²) in [6.45, 7) is 1.18. The Labute approximate surface area is 178 Å². The fourth-order valence-corrected chi connectivity index (χ4v) is 3.63. The molecule has 0 aliphatic carbocycles. The number of esters is 1. The number of aliphatic hydroxyl groups is 4. The van der Waals surface area contributed by atoms with Crippen LogP contribution in [0.25, 0.3) is 0 Å². The van der Waals surface area contributed by atoms with Gasteiger partial charge in [0.1, 0.15) is 30.2 Å². The molecule has 0 spiro atoms. The van der Waals surface area contributed by atoms with Crippen LogP contribution in [0.1, 0.15) is 18.5 Å². The number of ether oxygens (including phenoxy) is 3. The molecule has 0 radical (unpaired) electrons. The SMILES string of the molecule is COC(=O)C1=C(C)NC(=S)NC1c1ccc(O[C@@H]2O[C@H](CO)[C@@H](O)[C@@H](O)[C@H]2O)cc1. The van der Waals surface area contributed by atoms with Crippen molar-refractivity contribution in [2.45, 2.75) is 43.7 Å². The Kier molecular flexibility index (Phi) is 6.91. The summed E-state index contributed by atoms with van der Waals surface area (Å²) in [5.74, 6) is -0.193. The molecule has 10 nitrogen and oxygen atoms in total. The van der Waals surface area contributed by atoms with E-state index < -0.39 is 49.3 Å². The van der Waals surface area contributed by atoms with Crippen LogP contribution >= 0.6 is 12.2 Å².